The number of nitrogens with zero attached hydrogens (tertiary/aromatic N) is 4. The number of fused-ring (bicyclic) bond motifs is 1. The van der Waals surface area contributed by atoms with Crippen molar-refractivity contribution >= 4 is 12.1 Å². The predicted octanol–water partition coefficient (Wildman–Crippen LogP) is 1.08. The van der Waals surface area contributed by atoms with Gasteiger partial charge in [0.05, 0.1) is 12.1 Å². The van der Waals surface area contributed by atoms with Gasteiger partial charge in [-0.15, -0.1) is 0 Å². The average molecular weight is 198 g/mol. The van der Waals surface area contributed by atoms with Crippen LogP contribution in [0.2, 0.25) is 0 Å². The number of hydrogen-bond donors (Lipinski definition) is 0. The normalized spacial score (nSPS) is 27.6. The Hall–Kier alpha value is -1.97. The second-order valence-electron chi connectivity index (χ2n) is 3.46. The molecule has 0 saturated heterocycles. The second-order valence-corrected chi connectivity index (χ2v) is 3.46. The molecule has 2 atom stereocenters. The van der Waals surface area contributed by atoms with Crippen LogP contribution in [0.4, 0.5) is 0 Å². The lowest BCUT2D eigenvalue weighted by atomic mass is 10.0. The van der Waals surface area contributed by atoms with E-state index in [2.05, 4.69) is 27.2 Å². The number of aromatic nitrogens is 2. The van der Waals surface area contributed by atoms with E-state index < -0.39 is 0 Å². The lowest BCUT2D eigenvalue weighted by molar-refractivity contribution is 0.690. The number of dihydropyridines is 2. The van der Waals surface area contributed by atoms with Crippen LogP contribution in [0.1, 0.15) is 0 Å². The van der Waals surface area contributed by atoms with Gasteiger partial charge < -0.3 is 0 Å². The topological polar surface area (TPSA) is 42.5 Å². The van der Waals surface area contributed by atoms with Crippen molar-refractivity contribution < 1.29 is 0 Å². The van der Waals surface area contributed by atoms with E-state index in [4.69, 9.17) is 0 Å². The first-order valence-corrected chi connectivity index (χ1v) is 4.89. The van der Waals surface area contributed by atoms with E-state index in [9.17, 15) is 0 Å². The van der Waals surface area contributed by atoms with Crippen molar-refractivity contribution in [1.29, 1.82) is 0 Å². The van der Waals surface area contributed by atoms with Gasteiger partial charge in [0.2, 0.25) is 0 Å². The van der Waals surface area contributed by atoms with Gasteiger partial charge in [-0.3, -0.25) is 9.98 Å². The molecule has 4 heteroatoms. The predicted molar refractivity (Wildman–Crippen MR) is 59.4 cm³/mol. The Labute approximate surface area is 87.4 Å². The molecule has 0 aromatic carbocycles. The summed E-state index contributed by atoms with van der Waals surface area (Å²) in [6, 6.07) is 2.17. The van der Waals surface area contributed by atoms with Gasteiger partial charge in [0.1, 0.15) is 5.84 Å². The summed E-state index contributed by atoms with van der Waals surface area (Å²) in [7, 11) is 0. The summed E-state index contributed by atoms with van der Waals surface area (Å²) < 4.78 is 1.76. The van der Waals surface area contributed by atoms with Crippen molar-refractivity contribution in [2.45, 2.75) is 12.1 Å². The minimum absolute atomic E-state index is 0.124. The quantitative estimate of drug-likeness (QED) is 0.615. The van der Waals surface area contributed by atoms with E-state index in [-0.39, 0.29) is 12.1 Å². The summed E-state index contributed by atoms with van der Waals surface area (Å²) in [5, 5.41) is 4.15. The summed E-state index contributed by atoms with van der Waals surface area (Å²) in [5.74, 6) is 0.864. The molecule has 0 aliphatic carbocycles. The van der Waals surface area contributed by atoms with Crippen molar-refractivity contribution in [3.05, 3.63) is 42.8 Å². The molecule has 74 valence electrons. The summed E-state index contributed by atoms with van der Waals surface area (Å²) in [5.41, 5.74) is 0. The maximum absolute atomic E-state index is 4.58. The Morgan fingerprint density at radius 1 is 1.20 bits per heavy atom. The summed E-state index contributed by atoms with van der Waals surface area (Å²) >= 11 is 0. The SMILES string of the molecule is C1=CC2N=C(n3cccn3)C=CC2N=C1. The molecule has 2 aliphatic rings. The number of rotatable bonds is 0. The smallest absolute Gasteiger partial charge is 0.149 e. The fraction of sp³-hybridized carbons (Fsp3) is 0.182. The molecule has 0 spiro atoms. The zero-order valence-electron chi connectivity index (χ0n) is 8.06. The molecule has 1 aromatic heterocycles. The number of hydrogen-bond acceptors (Lipinski definition) is 3. The van der Waals surface area contributed by atoms with E-state index >= 15 is 0 Å². The Morgan fingerprint density at radius 2 is 2.20 bits per heavy atom. The second kappa shape index (κ2) is 3.31. The summed E-state index contributed by atoms with van der Waals surface area (Å²) in [6.45, 7) is 0. The van der Waals surface area contributed by atoms with Crippen molar-refractivity contribution in [2.75, 3.05) is 0 Å². The van der Waals surface area contributed by atoms with Crippen LogP contribution in [0.3, 0.4) is 0 Å². The summed E-state index contributed by atoms with van der Waals surface area (Å²) in [4.78, 5) is 8.91. The molecule has 15 heavy (non-hydrogen) atoms. The minimum Gasteiger partial charge on any atom is -0.283 e. The van der Waals surface area contributed by atoms with Crippen molar-refractivity contribution in [2.24, 2.45) is 9.98 Å². The van der Waals surface area contributed by atoms with Crippen LogP contribution in [-0.4, -0.2) is 33.9 Å². The van der Waals surface area contributed by atoms with E-state index in [0.717, 1.165) is 5.84 Å². The molecular formula is C11H10N4. The van der Waals surface area contributed by atoms with Crippen molar-refractivity contribution in [3.8, 4) is 0 Å². The third-order valence-electron chi connectivity index (χ3n) is 2.47. The van der Waals surface area contributed by atoms with Gasteiger partial charge in [-0.25, -0.2) is 4.68 Å². The molecule has 3 rings (SSSR count). The molecule has 3 heterocycles. The molecule has 2 aliphatic heterocycles. The van der Waals surface area contributed by atoms with E-state index in [1.54, 1.807) is 10.9 Å². The average Bonchev–Trinajstić information content (AvgIpc) is 2.82. The van der Waals surface area contributed by atoms with Crippen LogP contribution in [0, 0.1) is 0 Å². The van der Waals surface area contributed by atoms with Crippen molar-refractivity contribution in [1.82, 2.24) is 9.78 Å². The van der Waals surface area contributed by atoms with Gasteiger partial charge in [0.25, 0.3) is 0 Å². The van der Waals surface area contributed by atoms with E-state index in [0.29, 0.717) is 0 Å². The fourth-order valence-electron chi connectivity index (χ4n) is 1.72. The third-order valence-corrected chi connectivity index (χ3v) is 2.47. The largest absolute Gasteiger partial charge is 0.283 e. The summed E-state index contributed by atoms with van der Waals surface area (Å²) in [6.07, 6.45) is 13.5. The standard InChI is InChI=1S/C11H10N4/c1-3-10-9(12-6-1)4-5-11(14-10)15-8-2-7-13-15/h1-10H. The molecule has 1 aromatic rings. The van der Waals surface area contributed by atoms with Crippen LogP contribution < -0.4 is 0 Å². The third kappa shape index (κ3) is 1.44. The van der Waals surface area contributed by atoms with Gasteiger partial charge >= 0.3 is 0 Å². The Morgan fingerprint density at radius 3 is 3.07 bits per heavy atom. The lowest BCUT2D eigenvalue weighted by Gasteiger charge is -2.21. The Kier molecular flexibility index (Phi) is 1.84. The van der Waals surface area contributed by atoms with E-state index in [1.165, 1.54) is 0 Å². The lowest BCUT2D eigenvalue weighted by Crippen LogP contribution is -2.28. The molecular weight excluding hydrogens is 188 g/mol. The molecule has 0 N–H and O–H groups in total. The van der Waals surface area contributed by atoms with Crippen LogP contribution in [0.15, 0.2) is 52.7 Å². The van der Waals surface area contributed by atoms with Gasteiger partial charge in [-0.2, -0.15) is 5.10 Å². The van der Waals surface area contributed by atoms with Crippen LogP contribution >= 0.6 is 0 Å². The van der Waals surface area contributed by atoms with Crippen LogP contribution in [0.25, 0.3) is 0 Å². The highest BCUT2D eigenvalue weighted by atomic mass is 15.3. The zero-order chi connectivity index (χ0) is 10.1. The van der Waals surface area contributed by atoms with Gasteiger partial charge in [-0.05, 0) is 18.2 Å². The monoisotopic (exact) mass is 198 g/mol. The molecule has 0 fully saturated rings. The maximum Gasteiger partial charge on any atom is 0.149 e. The first kappa shape index (κ1) is 8.35. The first-order valence-electron chi connectivity index (χ1n) is 4.89. The van der Waals surface area contributed by atoms with Crippen LogP contribution in [-0.2, 0) is 0 Å². The minimum atomic E-state index is 0.124. The molecule has 4 nitrogen and oxygen atoms in total. The van der Waals surface area contributed by atoms with Gasteiger partial charge in [-0.1, -0.05) is 12.2 Å². The maximum atomic E-state index is 4.58. The van der Waals surface area contributed by atoms with Gasteiger partial charge in [0.15, 0.2) is 0 Å². The van der Waals surface area contributed by atoms with E-state index in [1.807, 2.05) is 30.6 Å². The zero-order valence-corrected chi connectivity index (χ0v) is 8.06. The highest BCUT2D eigenvalue weighted by Gasteiger charge is 2.20. The van der Waals surface area contributed by atoms with Crippen molar-refractivity contribution in [3.63, 3.8) is 0 Å². The molecule has 2 unspecified atom stereocenters. The number of aliphatic imine (C=N–C) groups is 2. The highest BCUT2D eigenvalue weighted by Crippen LogP contribution is 2.15. The fourth-order valence-corrected chi connectivity index (χ4v) is 1.72. The molecule has 0 saturated carbocycles. The van der Waals surface area contributed by atoms with Crippen LogP contribution in [0.5, 0.6) is 0 Å². The Balaban J connectivity index is 1.95. The Bertz CT molecular complexity index is 465. The number of allylic oxidation sites excluding steroid dienone is 2. The molecule has 0 radical (unpaired) electrons. The highest BCUT2D eigenvalue weighted by molar-refractivity contribution is 5.95. The molecule has 0 bridgehead atoms. The molecule has 0 amide bonds. The van der Waals surface area contributed by atoms with Gasteiger partial charge in [0, 0.05) is 18.6 Å². The first-order chi connectivity index (χ1) is 7.43.